The number of anilines is 2. The number of nitro groups is 1. The van der Waals surface area contributed by atoms with Crippen molar-refractivity contribution in [1.82, 2.24) is 4.98 Å². The smallest absolute Gasteiger partial charge is 0.311 e. The highest BCUT2D eigenvalue weighted by atomic mass is 16.6. The molecule has 110 valence electrons. The molecule has 1 aliphatic rings. The maximum absolute atomic E-state index is 11.0. The van der Waals surface area contributed by atoms with Gasteiger partial charge in [0.25, 0.3) is 0 Å². The zero-order valence-electron chi connectivity index (χ0n) is 11.9. The number of aromatic nitrogens is 1. The van der Waals surface area contributed by atoms with Gasteiger partial charge in [0.1, 0.15) is 5.82 Å². The average Bonchev–Trinajstić information content (AvgIpc) is 2.39. The minimum absolute atomic E-state index is 0.0423. The van der Waals surface area contributed by atoms with Crippen LogP contribution in [-0.2, 0) is 0 Å². The quantitative estimate of drug-likeness (QED) is 0.562. The third kappa shape index (κ3) is 3.82. The first-order valence-corrected chi connectivity index (χ1v) is 7.34. The lowest BCUT2D eigenvalue weighted by atomic mass is 9.83. The Hall–Kier alpha value is -1.85. The van der Waals surface area contributed by atoms with Crippen molar-refractivity contribution in [2.24, 2.45) is 5.92 Å². The number of hydrogen-bond donors (Lipinski definition) is 2. The molecule has 0 aliphatic heterocycles. The molecule has 0 spiro atoms. The van der Waals surface area contributed by atoms with Crippen LogP contribution in [0, 0.1) is 16.0 Å². The minimum atomic E-state index is -0.387. The van der Waals surface area contributed by atoms with Crippen molar-refractivity contribution in [3.63, 3.8) is 0 Å². The number of hydrogen-bond acceptors (Lipinski definition) is 5. The van der Waals surface area contributed by atoms with E-state index in [2.05, 4.69) is 22.5 Å². The first-order valence-electron chi connectivity index (χ1n) is 7.34. The highest BCUT2D eigenvalue weighted by Gasteiger charge is 2.19. The highest BCUT2D eigenvalue weighted by Crippen LogP contribution is 2.30. The standard InChI is InChI=1S/C14H22N4O2/c1-2-9-15-13-7-6-12(18(19)20)14(17-13)16-10-8-11-4-3-5-11/h6-7,11H,2-5,8-10H2,1H3,(H2,15,16,17). The summed E-state index contributed by atoms with van der Waals surface area (Å²) in [6.07, 6.45) is 5.94. The van der Waals surface area contributed by atoms with Gasteiger partial charge in [-0.3, -0.25) is 10.1 Å². The SMILES string of the molecule is CCCNc1ccc([N+](=O)[O-])c(NCCC2CCC2)n1. The van der Waals surface area contributed by atoms with E-state index < -0.39 is 0 Å². The second-order valence-electron chi connectivity index (χ2n) is 5.26. The van der Waals surface area contributed by atoms with E-state index in [1.165, 1.54) is 25.3 Å². The molecule has 1 aromatic heterocycles. The average molecular weight is 278 g/mol. The molecule has 6 nitrogen and oxygen atoms in total. The Morgan fingerprint density at radius 3 is 2.75 bits per heavy atom. The number of nitrogens with one attached hydrogen (secondary N) is 2. The van der Waals surface area contributed by atoms with Crippen molar-refractivity contribution in [3.05, 3.63) is 22.2 Å². The molecule has 1 heterocycles. The van der Waals surface area contributed by atoms with Crippen molar-refractivity contribution < 1.29 is 4.92 Å². The Bertz CT molecular complexity index is 460. The van der Waals surface area contributed by atoms with Crippen LogP contribution in [0.1, 0.15) is 39.0 Å². The largest absolute Gasteiger partial charge is 0.370 e. The van der Waals surface area contributed by atoms with Crippen molar-refractivity contribution in [2.75, 3.05) is 23.7 Å². The molecule has 6 heteroatoms. The van der Waals surface area contributed by atoms with Crippen molar-refractivity contribution >= 4 is 17.3 Å². The number of nitrogens with zero attached hydrogens (tertiary/aromatic N) is 2. The van der Waals surface area contributed by atoms with Crippen LogP contribution in [0.2, 0.25) is 0 Å². The maximum Gasteiger partial charge on any atom is 0.311 e. The molecule has 0 saturated heterocycles. The lowest BCUT2D eigenvalue weighted by Gasteiger charge is -2.25. The van der Waals surface area contributed by atoms with Crippen LogP contribution in [0.4, 0.5) is 17.3 Å². The summed E-state index contributed by atoms with van der Waals surface area (Å²) in [5.41, 5.74) is 0.0423. The maximum atomic E-state index is 11.0. The van der Waals surface area contributed by atoms with E-state index in [4.69, 9.17) is 0 Å². The van der Waals surface area contributed by atoms with Gasteiger partial charge in [0.05, 0.1) is 4.92 Å². The predicted octanol–water partition coefficient (Wildman–Crippen LogP) is 3.41. The molecule has 20 heavy (non-hydrogen) atoms. The van der Waals surface area contributed by atoms with Gasteiger partial charge in [-0.05, 0) is 24.8 Å². The van der Waals surface area contributed by atoms with Gasteiger partial charge in [0.15, 0.2) is 0 Å². The molecule has 0 aromatic carbocycles. The molecule has 0 atom stereocenters. The third-order valence-corrected chi connectivity index (χ3v) is 3.70. The van der Waals surface area contributed by atoms with Crippen LogP contribution in [-0.4, -0.2) is 23.0 Å². The van der Waals surface area contributed by atoms with Gasteiger partial charge in [-0.2, -0.15) is 0 Å². The summed E-state index contributed by atoms with van der Waals surface area (Å²) in [7, 11) is 0. The monoisotopic (exact) mass is 278 g/mol. The normalized spacial score (nSPS) is 14.7. The van der Waals surface area contributed by atoms with Crippen LogP contribution in [0.5, 0.6) is 0 Å². The number of rotatable bonds is 8. The third-order valence-electron chi connectivity index (χ3n) is 3.70. The van der Waals surface area contributed by atoms with Crippen molar-refractivity contribution in [1.29, 1.82) is 0 Å². The summed E-state index contributed by atoms with van der Waals surface area (Å²) in [4.78, 5) is 14.9. The van der Waals surface area contributed by atoms with Crippen molar-refractivity contribution in [3.8, 4) is 0 Å². The summed E-state index contributed by atoms with van der Waals surface area (Å²) in [5, 5.41) is 17.3. The zero-order chi connectivity index (χ0) is 14.4. The molecule has 0 radical (unpaired) electrons. The summed E-state index contributed by atoms with van der Waals surface area (Å²) in [6.45, 7) is 3.62. The van der Waals surface area contributed by atoms with E-state index in [0.717, 1.165) is 31.8 Å². The molecule has 2 N–H and O–H groups in total. The fraction of sp³-hybridized carbons (Fsp3) is 0.643. The molecule has 0 amide bonds. The Kier molecular flexibility index (Phi) is 5.15. The fourth-order valence-corrected chi connectivity index (χ4v) is 2.26. The van der Waals surface area contributed by atoms with E-state index in [0.29, 0.717) is 11.6 Å². The Labute approximate surface area is 119 Å². The van der Waals surface area contributed by atoms with Crippen LogP contribution < -0.4 is 10.6 Å². The lowest BCUT2D eigenvalue weighted by Crippen LogP contribution is -2.16. The van der Waals surface area contributed by atoms with Gasteiger partial charge in [-0.1, -0.05) is 26.2 Å². The Morgan fingerprint density at radius 1 is 1.35 bits per heavy atom. The second kappa shape index (κ2) is 7.07. The van der Waals surface area contributed by atoms with E-state index >= 15 is 0 Å². The lowest BCUT2D eigenvalue weighted by molar-refractivity contribution is -0.384. The Balaban J connectivity index is 1.99. The van der Waals surface area contributed by atoms with E-state index in [-0.39, 0.29) is 10.6 Å². The van der Waals surface area contributed by atoms with Crippen LogP contribution in [0.15, 0.2) is 12.1 Å². The first-order chi connectivity index (χ1) is 9.70. The van der Waals surface area contributed by atoms with Crippen LogP contribution in [0.3, 0.4) is 0 Å². The highest BCUT2D eigenvalue weighted by molar-refractivity contribution is 5.60. The van der Waals surface area contributed by atoms with Gasteiger partial charge < -0.3 is 10.6 Å². The van der Waals surface area contributed by atoms with Gasteiger partial charge in [0.2, 0.25) is 5.82 Å². The summed E-state index contributed by atoms with van der Waals surface area (Å²) in [5.74, 6) is 1.84. The van der Waals surface area contributed by atoms with E-state index in [1.54, 1.807) is 6.07 Å². The molecule has 1 fully saturated rings. The summed E-state index contributed by atoms with van der Waals surface area (Å²) in [6, 6.07) is 3.17. The number of pyridine rings is 1. The van der Waals surface area contributed by atoms with Crippen molar-refractivity contribution in [2.45, 2.75) is 39.0 Å². The van der Waals surface area contributed by atoms with Crippen LogP contribution >= 0.6 is 0 Å². The van der Waals surface area contributed by atoms with Gasteiger partial charge in [0, 0.05) is 19.2 Å². The van der Waals surface area contributed by atoms with Gasteiger partial charge in [-0.15, -0.1) is 0 Å². The zero-order valence-corrected chi connectivity index (χ0v) is 11.9. The van der Waals surface area contributed by atoms with E-state index in [1.807, 2.05) is 0 Å². The second-order valence-corrected chi connectivity index (χ2v) is 5.26. The molecule has 0 bridgehead atoms. The predicted molar refractivity (Wildman–Crippen MR) is 80.1 cm³/mol. The fourth-order valence-electron chi connectivity index (χ4n) is 2.26. The molecular formula is C14H22N4O2. The molecule has 1 aliphatic carbocycles. The minimum Gasteiger partial charge on any atom is -0.370 e. The first kappa shape index (κ1) is 14.6. The summed E-state index contributed by atoms with van der Waals surface area (Å²) >= 11 is 0. The van der Waals surface area contributed by atoms with E-state index in [9.17, 15) is 10.1 Å². The molecule has 2 rings (SSSR count). The topological polar surface area (TPSA) is 80.1 Å². The summed E-state index contributed by atoms with van der Waals surface area (Å²) < 4.78 is 0. The molecular weight excluding hydrogens is 256 g/mol. The van der Waals surface area contributed by atoms with Gasteiger partial charge in [-0.25, -0.2) is 4.98 Å². The molecule has 1 aromatic rings. The Morgan fingerprint density at radius 2 is 2.15 bits per heavy atom. The van der Waals surface area contributed by atoms with Gasteiger partial charge >= 0.3 is 5.69 Å². The molecule has 1 saturated carbocycles. The van der Waals surface area contributed by atoms with Crippen LogP contribution in [0.25, 0.3) is 0 Å². The molecule has 0 unspecified atom stereocenters.